The van der Waals surface area contributed by atoms with Crippen molar-refractivity contribution in [1.29, 1.82) is 0 Å². The van der Waals surface area contributed by atoms with Crippen molar-refractivity contribution < 1.29 is 14.3 Å². The number of aromatic nitrogens is 3. The summed E-state index contributed by atoms with van der Waals surface area (Å²) in [4.78, 5) is 39.9. The Hall–Kier alpha value is -3.53. The van der Waals surface area contributed by atoms with Gasteiger partial charge in [-0.25, -0.2) is 9.67 Å². The van der Waals surface area contributed by atoms with Crippen LogP contribution in [0.3, 0.4) is 0 Å². The summed E-state index contributed by atoms with van der Waals surface area (Å²) < 4.78 is 6.26. The summed E-state index contributed by atoms with van der Waals surface area (Å²) in [7, 11) is 1.58. The van der Waals surface area contributed by atoms with Crippen LogP contribution in [-0.2, 0) is 16.0 Å². The molecule has 10 heteroatoms. The molecule has 1 unspecified atom stereocenters. The van der Waals surface area contributed by atoms with Crippen LogP contribution in [0.1, 0.15) is 18.7 Å². The lowest BCUT2D eigenvalue weighted by Gasteiger charge is -2.14. The van der Waals surface area contributed by atoms with Gasteiger partial charge >= 0.3 is 0 Å². The maximum Gasteiger partial charge on any atom is 0.267 e. The zero-order valence-corrected chi connectivity index (χ0v) is 16.6. The molecule has 0 radical (unpaired) electrons. The van der Waals surface area contributed by atoms with Gasteiger partial charge in [0.1, 0.15) is 11.8 Å². The Morgan fingerprint density at radius 1 is 1.24 bits per heavy atom. The lowest BCUT2D eigenvalue weighted by atomic mass is 10.1. The number of benzene rings is 1. The molecule has 0 saturated heterocycles. The minimum absolute atomic E-state index is 0.00710. The number of hydrogen-bond acceptors (Lipinski definition) is 7. The first kappa shape index (κ1) is 20.2. The number of nitrogens with zero attached hydrogens (tertiary/aromatic N) is 3. The average molecular weight is 413 g/mol. The fourth-order valence-electron chi connectivity index (χ4n) is 2.56. The number of carbonyl (C=O) groups excluding carboxylic acids is 2. The highest BCUT2D eigenvalue weighted by atomic mass is 32.1. The molecule has 0 aliphatic rings. The summed E-state index contributed by atoms with van der Waals surface area (Å²) in [5.41, 5.74) is 6.54. The van der Waals surface area contributed by atoms with Gasteiger partial charge in [-0.3, -0.25) is 14.4 Å². The number of nitrogens with two attached hydrogens (primary N) is 1. The van der Waals surface area contributed by atoms with Crippen LogP contribution in [0.2, 0.25) is 0 Å². The highest BCUT2D eigenvalue weighted by Gasteiger charge is 2.19. The minimum atomic E-state index is -0.871. The molecule has 0 saturated carbocycles. The van der Waals surface area contributed by atoms with Crippen LogP contribution >= 0.6 is 11.3 Å². The van der Waals surface area contributed by atoms with Gasteiger partial charge in [-0.05, 0) is 37.3 Å². The van der Waals surface area contributed by atoms with Crippen molar-refractivity contribution in [2.24, 2.45) is 5.73 Å². The van der Waals surface area contributed by atoms with Crippen molar-refractivity contribution >= 4 is 28.3 Å². The van der Waals surface area contributed by atoms with E-state index in [1.807, 2.05) is 12.1 Å². The number of rotatable bonds is 7. The molecule has 0 aliphatic carbocycles. The van der Waals surface area contributed by atoms with Gasteiger partial charge in [-0.15, -0.1) is 11.3 Å². The third-order valence-electron chi connectivity index (χ3n) is 4.09. The van der Waals surface area contributed by atoms with Gasteiger partial charge in [0.2, 0.25) is 5.91 Å². The summed E-state index contributed by atoms with van der Waals surface area (Å²) in [6.45, 7) is 1.57. The third-order valence-corrected chi connectivity index (χ3v) is 4.90. The average Bonchev–Trinajstić information content (AvgIpc) is 3.13. The van der Waals surface area contributed by atoms with Gasteiger partial charge < -0.3 is 15.8 Å². The molecule has 2 heterocycles. The van der Waals surface area contributed by atoms with Crippen LogP contribution in [0.4, 0.5) is 5.13 Å². The molecule has 3 rings (SSSR count). The van der Waals surface area contributed by atoms with E-state index in [4.69, 9.17) is 10.5 Å². The van der Waals surface area contributed by atoms with E-state index < -0.39 is 23.4 Å². The first-order chi connectivity index (χ1) is 13.9. The first-order valence-electron chi connectivity index (χ1n) is 8.65. The first-order valence-corrected chi connectivity index (χ1v) is 9.53. The Morgan fingerprint density at radius 3 is 2.62 bits per heavy atom. The second kappa shape index (κ2) is 8.65. The van der Waals surface area contributed by atoms with Crippen molar-refractivity contribution in [2.45, 2.75) is 19.4 Å². The predicted molar refractivity (Wildman–Crippen MR) is 109 cm³/mol. The molecule has 29 heavy (non-hydrogen) atoms. The molecular formula is C19H19N5O4S. The summed E-state index contributed by atoms with van der Waals surface area (Å²) in [5.74, 6) is -0.256. The fraction of sp³-hybridized carbons (Fsp3) is 0.211. The fourth-order valence-corrected chi connectivity index (χ4v) is 3.28. The van der Waals surface area contributed by atoms with E-state index in [1.165, 1.54) is 17.4 Å². The number of anilines is 1. The molecule has 0 spiro atoms. The number of hydrogen-bond donors (Lipinski definition) is 2. The SMILES string of the molecule is COc1ccc(-c2ccc(=O)n(C(C)C(=O)Nc3nc(CC(N)=O)cs3)n2)cc1. The maximum absolute atomic E-state index is 12.6. The predicted octanol–water partition coefficient (Wildman–Crippen LogP) is 1.60. The minimum Gasteiger partial charge on any atom is -0.497 e. The summed E-state index contributed by atoms with van der Waals surface area (Å²) >= 11 is 1.17. The van der Waals surface area contributed by atoms with Gasteiger partial charge in [0.25, 0.3) is 11.5 Å². The Kier molecular flexibility index (Phi) is 6.03. The molecule has 0 fully saturated rings. The molecule has 150 valence electrons. The van der Waals surface area contributed by atoms with Gasteiger partial charge in [-0.1, -0.05) is 0 Å². The van der Waals surface area contributed by atoms with Crippen molar-refractivity contribution in [3.8, 4) is 17.0 Å². The van der Waals surface area contributed by atoms with E-state index in [0.29, 0.717) is 22.3 Å². The monoisotopic (exact) mass is 413 g/mol. The van der Waals surface area contributed by atoms with Crippen molar-refractivity contribution in [3.05, 3.63) is 57.8 Å². The van der Waals surface area contributed by atoms with Crippen LogP contribution < -0.4 is 21.3 Å². The molecule has 0 aliphatic heterocycles. The summed E-state index contributed by atoms with van der Waals surface area (Å²) in [6, 6.07) is 9.30. The highest BCUT2D eigenvalue weighted by molar-refractivity contribution is 7.13. The number of nitrogens with one attached hydrogen (secondary N) is 1. The van der Waals surface area contributed by atoms with Gasteiger partial charge in [0.15, 0.2) is 5.13 Å². The smallest absolute Gasteiger partial charge is 0.267 e. The molecule has 2 amide bonds. The number of methoxy groups -OCH3 is 1. The maximum atomic E-state index is 12.6. The van der Waals surface area contributed by atoms with Crippen LogP contribution in [0, 0.1) is 0 Å². The van der Waals surface area contributed by atoms with Crippen LogP contribution in [-0.4, -0.2) is 33.7 Å². The molecule has 1 atom stereocenters. The van der Waals surface area contributed by atoms with E-state index in [2.05, 4.69) is 15.4 Å². The molecule has 2 aromatic heterocycles. The second-order valence-electron chi connectivity index (χ2n) is 6.18. The Bertz CT molecular complexity index is 1090. The lowest BCUT2D eigenvalue weighted by Crippen LogP contribution is -2.33. The quantitative estimate of drug-likeness (QED) is 0.605. The number of carbonyl (C=O) groups is 2. The van der Waals surface area contributed by atoms with Crippen LogP contribution in [0.25, 0.3) is 11.3 Å². The van der Waals surface area contributed by atoms with E-state index in [1.54, 1.807) is 37.6 Å². The Balaban J connectivity index is 1.79. The van der Waals surface area contributed by atoms with E-state index >= 15 is 0 Å². The highest BCUT2D eigenvalue weighted by Crippen LogP contribution is 2.21. The van der Waals surface area contributed by atoms with E-state index in [-0.39, 0.29) is 6.42 Å². The summed E-state index contributed by atoms with van der Waals surface area (Å²) in [6.07, 6.45) is -0.00710. The number of amides is 2. The number of ether oxygens (including phenoxy) is 1. The molecule has 1 aromatic carbocycles. The normalized spacial score (nSPS) is 11.7. The number of primary amides is 1. The van der Waals surface area contributed by atoms with E-state index in [9.17, 15) is 14.4 Å². The van der Waals surface area contributed by atoms with Crippen LogP contribution in [0.5, 0.6) is 5.75 Å². The summed E-state index contributed by atoms with van der Waals surface area (Å²) in [5, 5.41) is 8.92. The Labute approximate surface area is 170 Å². The van der Waals surface area contributed by atoms with Crippen molar-refractivity contribution in [2.75, 3.05) is 12.4 Å². The molecule has 3 aromatic rings. The standard InChI is InChI=1S/C19H19N5O4S/c1-11(18(27)22-19-21-13(10-29-19)9-16(20)25)24-17(26)8-7-15(23-24)12-3-5-14(28-2)6-4-12/h3-8,10-11H,9H2,1-2H3,(H2,20,25)(H,21,22,27). The largest absolute Gasteiger partial charge is 0.497 e. The lowest BCUT2D eigenvalue weighted by molar-refractivity contribution is -0.119. The third kappa shape index (κ3) is 4.85. The Morgan fingerprint density at radius 2 is 1.97 bits per heavy atom. The van der Waals surface area contributed by atoms with Crippen molar-refractivity contribution in [1.82, 2.24) is 14.8 Å². The van der Waals surface area contributed by atoms with E-state index in [0.717, 1.165) is 10.2 Å². The van der Waals surface area contributed by atoms with Crippen molar-refractivity contribution in [3.63, 3.8) is 0 Å². The topological polar surface area (TPSA) is 129 Å². The molecular weight excluding hydrogens is 394 g/mol. The molecule has 0 bridgehead atoms. The number of thiazole rings is 1. The van der Waals surface area contributed by atoms with Gasteiger partial charge in [-0.2, -0.15) is 5.10 Å². The van der Waals surface area contributed by atoms with Gasteiger partial charge in [0.05, 0.1) is 24.9 Å². The van der Waals surface area contributed by atoms with Crippen LogP contribution in [0.15, 0.2) is 46.6 Å². The second-order valence-corrected chi connectivity index (χ2v) is 7.04. The van der Waals surface area contributed by atoms with Gasteiger partial charge in [0, 0.05) is 17.0 Å². The molecule has 3 N–H and O–H groups in total. The zero-order chi connectivity index (χ0) is 21.0. The zero-order valence-electron chi connectivity index (χ0n) is 15.8. The molecule has 9 nitrogen and oxygen atoms in total.